The Bertz CT molecular complexity index is 1360. The van der Waals surface area contributed by atoms with Crippen molar-refractivity contribution in [3.05, 3.63) is 80.3 Å². The molecule has 0 saturated carbocycles. The number of carbonyl (C=O) groups excluding carboxylic acids is 1. The van der Waals surface area contributed by atoms with Crippen molar-refractivity contribution >= 4 is 44.5 Å². The van der Waals surface area contributed by atoms with E-state index in [-0.39, 0.29) is 41.9 Å². The number of sulfonamides is 1. The fourth-order valence-electron chi connectivity index (χ4n) is 3.74. The third-order valence-corrected chi connectivity index (χ3v) is 6.61. The molecule has 3 rings (SSSR count). The quantitative estimate of drug-likeness (QED) is 0.218. The molecule has 2 atom stereocenters. The zero-order valence-electron chi connectivity index (χ0n) is 21.0. The lowest BCUT2D eigenvalue weighted by Gasteiger charge is -2.25. The molecule has 1 heterocycles. The second kappa shape index (κ2) is 13.0. The van der Waals surface area contributed by atoms with Crippen molar-refractivity contribution in [3.8, 4) is 0 Å². The molecule has 1 amide bonds. The summed E-state index contributed by atoms with van der Waals surface area (Å²) in [4.78, 5) is 17.2. The molecule has 3 aromatic rings. The lowest BCUT2D eigenvalue weighted by molar-refractivity contribution is 0.0823. The predicted octanol–water partition coefficient (Wildman–Crippen LogP) is 3.54. The monoisotopic (exact) mass is 662 g/mol. The number of carbonyl (C=O) groups is 1. The number of hydrogen-bond acceptors (Lipinski definition) is 7. The Morgan fingerprint density at radius 2 is 1.82 bits per heavy atom. The zero-order chi connectivity index (χ0) is 28.0. The fourth-order valence-corrected chi connectivity index (χ4v) is 4.76. The van der Waals surface area contributed by atoms with E-state index in [1.54, 1.807) is 13.8 Å². The van der Waals surface area contributed by atoms with Crippen molar-refractivity contribution in [2.75, 3.05) is 17.5 Å². The first-order valence-electron chi connectivity index (χ1n) is 11.7. The maximum absolute atomic E-state index is 13.8. The van der Waals surface area contributed by atoms with Crippen LogP contribution >= 0.6 is 22.6 Å². The second-order valence-electron chi connectivity index (χ2n) is 9.15. The van der Waals surface area contributed by atoms with E-state index >= 15 is 0 Å². The topological polar surface area (TPSA) is 134 Å². The molecule has 0 fully saturated rings. The number of aliphatic hydroxyl groups excluding tert-OH is 1. The van der Waals surface area contributed by atoms with Crippen LogP contribution in [0.2, 0.25) is 0 Å². The highest BCUT2D eigenvalue weighted by Crippen LogP contribution is 2.24. The molecule has 1 aromatic heterocycles. The number of amides is 1. The van der Waals surface area contributed by atoms with Crippen molar-refractivity contribution in [3.63, 3.8) is 0 Å². The van der Waals surface area contributed by atoms with Gasteiger partial charge in [-0.25, -0.2) is 21.9 Å². The van der Waals surface area contributed by atoms with Gasteiger partial charge in [0.15, 0.2) is 5.69 Å². The maximum Gasteiger partial charge on any atom is 0.309 e. The molecule has 0 bridgehead atoms. The van der Waals surface area contributed by atoms with Gasteiger partial charge in [0.2, 0.25) is 10.0 Å². The van der Waals surface area contributed by atoms with E-state index in [9.17, 15) is 27.1 Å². The van der Waals surface area contributed by atoms with E-state index in [4.69, 9.17) is 4.42 Å². The summed E-state index contributed by atoms with van der Waals surface area (Å²) in [6.45, 7) is 3.98. The van der Waals surface area contributed by atoms with E-state index in [0.29, 0.717) is 6.54 Å². The Hall–Kier alpha value is -2.62. The highest BCUT2D eigenvalue weighted by molar-refractivity contribution is 14.1. The Kier molecular flexibility index (Phi) is 10.2. The molecule has 0 aliphatic carbocycles. The van der Waals surface area contributed by atoms with Crippen LogP contribution in [0.25, 0.3) is 0 Å². The standard InChI is InChI=1S/C25H29F2IN4O5S/c1-14(2)23-22(31-25(37-23)32-38(3,35)36)24(34)30-20(10-16-7-17(26)11-18(27)8-16)21(33)13-29-12-15-5-4-6-19(28)9-15/h4-9,11,14,20-21,29,33H,10,12-13H2,1-3H3,(H,30,34)(H,31,32)/t20-,21+/m0/s1. The first-order valence-corrected chi connectivity index (χ1v) is 14.7. The molecule has 13 heteroatoms. The van der Waals surface area contributed by atoms with Gasteiger partial charge in [-0.2, -0.15) is 4.98 Å². The molecule has 0 saturated heterocycles. The van der Waals surface area contributed by atoms with Crippen molar-refractivity contribution in [2.45, 2.75) is 44.9 Å². The van der Waals surface area contributed by atoms with Crippen LogP contribution in [0.1, 0.15) is 47.1 Å². The first kappa shape index (κ1) is 29.9. The van der Waals surface area contributed by atoms with Crippen molar-refractivity contribution in [2.24, 2.45) is 0 Å². The van der Waals surface area contributed by atoms with Crippen molar-refractivity contribution in [1.82, 2.24) is 15.6 Å². The Morgan fingerprint density at radius 1 is 1.13 bits per heavy atom. The van der Waals surface area contributed by atoms with Crippen LogP contribution in [0, 0.1) is 15.2 Å². The number of oxazole rings is 1. The molecule has 2 aromatic carbocycles. The van der Waals surface area contributed by atoms with E-state index in [1.807, 2.05) is 24.3 Å². The normalized spacial score (nSPS) is 13.4. The molecular weight excluding hydrogens is 633 g/mol. The van der Waals surface area contributed by atoms with Crippen molar-refractivity contribution in [1.29, 1.82) is 0 Å². The van der Waals surface area contributed by atoms with Crippen LogP contribution in [0.4, 0.5) is 14.8 Å². The third kappa shape index (κ3) is 8.99. The summed E-state index contributed by atoms with van der Waals surface area (Å²) in [5.74, 6) is -2.50. The van der Waals surface area contributed by atoms with E-state index in [1.165, 1.54) is 0 Å². The van der Waals surface area contributed by atoms with Gasteiger partial charge in [0.05, 0.1) is 18.4 Å². The zero-order valence-corrected chi connectivity index (χ0v) is 23.9. The lowest BCUT2D eigenvalue weighted by atomic mass is 10.00. The number of benzene rings is 2. The van der Waals surface area contributed by atoms with Crippen LogP contribution in [0.15, 0.2) is 46.9 Å². The van der Waals surface area contributed by atoms with Gasteiger partial charge >= 0.3 is 6.01 Å². The Balaban J connectivity index is 1.82. The summed E-state index contributed by atoms with van der Waals surface area (Å²) in [5.41, 5.74) is 1.06. The summed E-state index contributed by atoms with van der Waals surface area (Å²) in [5, 5.41) is 16.8. The number of nitrogens with one attached hydrogen (secondary N) is 3. The highest BCUT2D eigenvalue weighted by atomic mass is 127. The van der Waals surface area contributed by atoms with Gasteiger partial charge in [0, 0.05) is 28.6 Å². The number of halogens is 3. The number of hydrogen-bond donors (Lipinski definition) is 4. The minimum Gasteiger partial charge on any atom is -0.427 e. The minimum absolute atomic E-state index is 0.0605. The molecular formula is C25H29F2IN4O5S. The summed E-state index contributed by atoms with van der Waals surface area (Å²) in [7, 11) is -3.71. The van der Waals surface area contributed by atoms with Gasteiger partial charge in [-0.05, 0) is 64.4 Å². The lowest BCUT2D eigenvalue weighted by Crippen LogP contribution is -2.49. The van der Waals surface area contributed by atoms with E-state index in [0.717, 1.165) is 33.6 Å². The average Bonchev–Trinajstić information content (AvgIpc) is 3.20. The highest BCUT2D eigenvalue weighted by Gasteiger charge is 2.28. The number of rotatable bonds is 12. The fraction of sp³-hybridized carbons (Fsp3) is 0.360. The maximum atomic E-state index is 13.8. The molecule has 0 unspecified atom stereocenters. The van der Waals surface area contributed by atoms with Crippen molar-refractivity contribution < 1.29 is 31.5 Å². The molecule has 4 N–H and O–H groups in total. The molecule has 38 heavy (non-hydrogen) atoms. The number of anilines is 1. The van der Waals surface area contributed by atoms with Crippen LogP contribution < -0.4 is 15.4 Å². The summed E-state index contributed by atoms with van der Waals surface area (Å²) in [6.07, 6.45) is -0.327. The predicted molar refractivity (Wildman–Crippen MR) is 147 cm³/mol. The van der Waals surface area contributed by atoms with Gasteiger partial charge in [0.1, 0.15) is 17.4 Å². The van der Waals surface area contributed by atoms with Crippen LogP contribution in [0.5, 0.6) is 0 Å². The third-order valence-electron chi connectivity index (χ3n) is 5.40. The minimum atomic E-state index is -3.71. The smallest absolute Gasteiger partial charge is 0.309 e. The van der Waals surface area contributed by atoms with Gasteiger partial charge < -0.3 is 20.2 Å². The van der Waals surface area contributed by atoms with Gasteiger partial charge in [-0.15, -0.1) is 0 Å². The summed E-state index contributed by atoms with van der Waals surface area (Å²) >= 11 is 2.20. The van der Waals surface area contributed by atoms with E-state index < -0.39 is 39.7 Å². The largest absolute Gasteiger partial charge is 0.427 e. The van der Waals surface area contributed by atoms with Crippen LogP contribution in [-0.2, 0) is 23.0 Å². The average molecular weight is 662 g/mol. The Labute approximate surface area is 233 Å². The first-order chi connectivity index (χ1) is 17.8. The van der Waals surface area contributed by atoms with Gasteiger partial charge in [0.25, 0.3) is 5.91 Å². The number of aromatic nitrogens is 1. The SMILES string of the molecule is CC(C)c1oc(NS(C)(=O)=O)nc1C(=O)N[C@@H](Cc1cc(F)cc(F)c1)[C@H](O)CNCc1cccc(I)c1. The molecule has 0 aliphatic rings. The van der Waals surface area contributed by atoms with Crippen LogP contribution in [-0.4, -0.2) is 49.4 Å². The molecule has 9 nitrogen and oxygen atoms in total. The second-order valence-corrected chi connectivity index (χ2v) is 12.1. The molecule has 0 aliphatic heterocycles. The number of aliphatic hydroxyl groups is 1. The summed E-state index contributed by atoms with van der Waals surface area (Å²) < 4.78 is 59.5. The molecule has 0 spiro atoms. The Morgan fingerprint density at radius 3 is 2.42 bits per heavy atom. The molecule has 0 radical (unpaired) electrons. The van der Waals surface area contributed by atoms with E-state index in [2.05, 4.69) is 42.9 Å². The van der Waals surface area contributed by atoms with Gasteiger partial charge in [-0.1, -0.05) is 26.0 Å². The number of nitrogens with zero attached hydrogens (tertiary/aromatic N) is 1. The molecule has 206 valence electrons. The summed E-state index contributed by atoms with van der Waals surface area (Å²) in [6, 6.07) is 9.40. The van der Waals surface area contributed by atoms with Gasteiger partial charge in [-0.3, -0.25) is 4.79 Å². The van der Waals surface area contributed by atoms with Crippen LogP contribution in [0.3, 0.4) is 0 Å².